The summed E-state index contributed by atoms with van der Waals surface area (Å²) in [5.74, 6) is 0.921. The standard InChI is InChI=1S/C18H17FN6O/c1-12-8-22-25(10-12)15-6-7-17(24-11-21-23-18(15)24)20-9-13-14(19)4-3-5-16(13)26-2/h3-8,10-11,20H,9H2,1-2H3. The molecule has 0 aliphatic carbocycles. The van der Waals surface area contributed by atoms with Crippen LogP contribution in [0.2, 0.25) is 0 Å². The topological polar surface area (TPSA) is 69.3 Å². The average Bonchev–Trinajstić information content (AvgIpc) is 3.29. The molecule has 0 unspecified atom stereocenters. The monoisotopic (exact) mass is 352 g/mol. The molecule has 0 saturated heterocycles. The molecular formula is C18H17FN6O. The Kier molecular flexibility index (Phi) is 4.00. The molecule has 132 valence electrons. The van der Waals surface area contributed by atoms with Crippen LogP contribution in [-0.2, 0) is 6.54 Å². The number of halogens is 1. The van der Waals surface area contributed by atoms with Crippen molar-refractivity contribution >= 4 is 11.5 Å². The van der Waals surface area contributed by atoms with Crippen LogP contribution in [0.15, 0.2) is 49.1 Å². The van der Waals surface area contributed by atoms with E-state index < -0.39 is 0 Å². The lowest BCUT2D eigenvalue weighted by Gasteiger charge is -2.13. The van der Waals surface area contributed by atoms with Crippen molar-refractivity contribution in [2.75, 3.05) is 12.4 Å². The lowest BCUT2D eigenvalue weighted by atomic mass is 10.2. The summed E-state index contributed by atoms with van der Waals surface area (Å²) >= 11 is 0. The molecule has 4 aromatic rings. The Labute approximate surface area is 149 Å². The van der Waals surface area contributed by atoms with Gasteiger partial charge in [-0.1, -0.05) is 6.07 Å². The first-order chi connectivity index (χ1) is 12.7. The first-order valence-electron chi connectivity index (χ1n) is 8.07. The van der Waals surface area contributed by atoms with Crippen LogP contribution in [0.5, 0.6) is 5.75 Å². The molecule has 3 aromatic heterocycles. The quantitative estimate of drug-likeness (QED) is 0.598. The zero-order valence-corrected chi connectivity index (χ0v) is 14.3. The predicted octanol–water partition coefficient (Wildman–Crippen LogP) is 2.98. The molecule has 4 rings (SSSR count). The Bertz CT molecular complexity index is 1070. The molecule has 8 heteroatoms. The molecule has 0 fully saturated rings. The number of hydrogen-bond acceptors (Lipinski definition) is 5. The maximum absolute atomic E-state index is 14.1. The molecule has 0 saturated carbocycles. The minimum atomic E-state index is -0.319. The molecule has 3 heterocycles. The van der Waals surface area contributed by atoms with E-state index in [1.807, 2.05) is 25.3 Å². The molecule has 0 spiro atoms. The van der Waals surface area contributed by atoms with Crippen LogP contribution in [0.1, 0.15) is 11.1 Å². The smallest absolute Gasteiger partial charge is 0.188 e. The Hall–Kier alpha value is -3.42. The third kappa shape index (κ3) is 2.75. The zero-order valence-electron chi connectivity index (χ0n) is 14.3. The van der Waals surface area contributed by atoms with E-state index in [1.165, 1.54) is 13.2 Å². The van der Waals surface area contributed by atoms with Crippen molar-refractivity contribution in [3.8, 4) is 11.4 Å². The fraction of sp³-hybridized carbons (Fsp3) is 0.167. The summed E-state index contributed by atoms with van der Waals surface area (Å²) in [7, 11) is 1.52. The van der Waals surface area contributed by atoms with Crippen LogP contribution in [0.25, 0.3) is 11.3 Å². The van der Waals surface area contributed by atoms with Crippen LogP contribution in [0.4, 0.5) is 10.2 Å². The van der Waals surface area contributed by atoms with Gasteiger partial charge in [-0.05, 0) is 36.8 Å². The van der Waals surface area contributed by atoms with E-state index in [2.05, 4.69) is 20.6 Å². The van der Waals surface area contributed by atoms with Gasteiger partial charge < -0.3 is 10.1 Å². The summed E-state index contributed by atoms with van der Waals surface area (Å²) in [6.07, 6.45) is 5.31. The second kappa shape index (κ2) is 6.47. The molecule has 0 atom stereocenters. The van der Waals surface area contributed by atoms with Gasteiger partial charge in [0.25, 0.3) is 0 Å². The highest BCUT2D eigenvalue weighted by atomic mass is 19.1. The van der Waals surface area contributed by atoms with Gasteiger partial charge >= 0.3 is 0 Å². The van der Waals surface area contributed by atoms with Crippen LogP contribution in [-0.4, -0.2) is 31.5 Å². The first-order valence-corrected chi connectivity index (χ1v) is 8.07. The number of aromatic nitrogens is 5. The SMILES string of the molecule is COc1cccc(F)c1CNc1ccc(-n2cc(C)cn2)c2nncn12. The number of ether oxygens (including phenoxy) is 1. The molecule has 0 bridgehead atoms. The predicted molar refractivity (Wildman–Crippen MR) is 95.1 cm³/mol. The Balaban J connectivity index is 1.68. The number of nitrogens with one attached hydrogen (secondary N) is 1. The maximum atomic E-state index is 14.1. The minimum Gasteiger partial charge on any atom is -0.496 e. The van der Waals surface area contributed by atoms with Gasteiger partial charge in [-0.15, -0.1) is 10.2 Å². The maximum Gasteiger partial charge on any atom is 0.188 e. The number of anilines is 1. The highest BCUT2D eigenvalue weighted by Gasteiger charge is 2.13. The number of fused-ring (bicyclic) bond motifs is 1. The van der Waals surface area contributed by atoms with Crippen molar-refractivity contribution in [2.24, 2.45) is 0 Å². The second-order valence-electron chi connectivity index (χ2n) is 5.86. The van der Waals surface area contributed by atoms with Crippen molar-refractivity contribution < 1.29 is 9.13 Å². The Morgan fingerprint density at radius 2 is 2.12 bits per heavy atom. The van der Waals surface area contributed by atoms with Crippen molar-refractivity contribution in [3.05, 3.63) is 66.0 Å². The highest BCUT2D eigenvalue weighted by molar-refractivity contribution is 5.63. The van der Waals surface area contributed by atoms with E-state index in [0.29, 0.717) is 17.0 Å². The summed E-state index contributed by atoms with van der Waals surface area (Å²) in [6.45, 7) is 2.24. The van der Waals surface area contributed by atoms with Crippen molar-refractivity contribution in [3.63, 3.8) is 0 Å². The summed E-state index contributed by atoms with van der Waals surface area (Å²) in [5, 5.41) is 15.7. The number of aryl methyl sites for hydroxylation is 1. The molecule has 1 N–H and O–H groups in total. The van der Waals surface area contributed by atoms with E-state index in [4.69, 9.17) is 4.74 Å². The van der Waals surface area contributed by atoms with Gasteiger partial charge in [0.05, 0.1) is 13.3 Å². The van der Waals surface area contributed by atoms with Gasteiger partial charge in [-0.2, -0.15) is 5.10 Å². The zero-order chi connectivity index (χ0) is 18.1. The van der Waals surface area contributed by atoms with E-state index in [-0.39, 0.29) is 12.4 Å². The molecule has 0 radical (unpaired) electrons. The molecule has 0 aliphatic heterocycles. The van der Waals surface area contributed by atoms with E-state index in [1.54, 1.807) is 33.7 Å². The molecular weight excluding hydrogens is 335 g/mol. The lowest BCUT2D eigenvalue weighted by molar-refractivity contribution is 0.405. The second-order valence-corrected chi connectivity index (χ2v) is 5.86. The summed E-state index contributed by atoms with van der Waals surface area (Å²) in [6, 6.07) is 8.55. The normalized spacial score (nSPS) is 11.0. The van der Waals surface area contributed by atoms with Gasteiger partial charge in [0.15, 0.2) is 5.65 Å². The Morgan fingerprint density at radius 3 is 2.88 bits per heavy atom. The van der Waals surface area contributed by atoms with Gasteiger partial charge in [0.1, 0.15) is 29.4 Å². The van der Waals surface area contributed by atoms with Crippen LogP contribution in [0, 0.1) is 12.7 Å². The van der Waals surface area contributed by atoms with Gasteiger partial charge in [-0.3, -0.25) is 4.40 Å². The van der Waals surface area contributed by atoms with Crippen molar-refractivity contribution in [2.45, 2.75) is 13.5 Å². The number of methoxy groups -OCH3 is 1. The number of nitrogens with zero attached hydrogens (tertiary/aromatic N) is 5. The first kappa shape index (κ1) is 16.1. The largest absolute Gasteiger partial charge is 0.496 e. The van der Waals surface area contributed by atoms with Gasteiger partial charge in [0, 0.05) is 18.3 Å². The van der Waals surface area contributed by atoms with Gasteiger partial charge in [0.2, 0.25) is 0 Å². The molecule has 0 aliphatic rings. The average molecular weight is 352 g/mol. The van der Waals surface area contributed by atoms with E-state index in [9.17, 15) is 4.39 Å². The molecule has 0 amide bonds. The van der Waals surface area contributed by atoms with Crippen LogP contribution in [0.3, 0.4) is 0 Å². The third-order valence-electron chi connectivity index (χ3n) is 4.14. The minimum absolute atomic E-state index is 0.267. The third-order valence-corrected chi connectivity index (χ3v) is 4.14. The molecule has 1 aromatic carbocycles. The highest BCUT2D eigenvalue weighted by Crippen LogP contribution is 2.24. The number of rotatable bonds is 5. The molecule has 26 heavy (non-hydrogen) atoms. The van der Waals surface area contributed by atoms with Crippen molar-refractivity contribution in [1.29, 1.82) is 0 Å². The number of hydrogen-bond donors (Lipinski definition) is 1. The van der Waals surface area contributed by atoms with Gasteiger partial charge in [-0.25, -0.2) is 9.07 Å². The van der Waals surface area contributed by atoms with Crippen molar-refractivity contribution in [1.82, 2.24) is 24.4 Å². The summed E-state index contributed by atoms with van der Waals surface area (Å²) in [4.78, 5) is 0. The van der Waals surface area contributed by atoms with Crippen LogP contribution >= 0.6 is 0 Å². The number of benzene rings is 1. The molecule has 7 nitrogen and oxygen atoms in total. The summed E-state index contributed by atoms with van der Waals surface area (Å²) in [5.41, 5.74) is 2.97. The summed E-state index contributed by atoms with van der Waals surface area (Å²) < 4.78 is 22.9. The fourth-order valence-corrected chi connectivity index (χ4v) is 2.85. The van der Waals surface area contributed by atoms with E-state index >= 15 is 0 Å². The Morgan fingerprint density at radius 1 is 1.23 bits per heavy atom. The lowest BCUT2D eigenvalue weighted by Crippen LogP contribution is -2.08. The van der Waals surface area contributed by atoms with Crippen LogP contribution < -0.4 is 10.1 Å². The number of pyridine rings is 1. The van der Waals surface area contributed by atoms with E-state index in [0.717, 1.165) is 17.1 Å². The fourth-order valence-electron chi connectivity index (χ4n) is 2.85.